The number of aromatic nitrogens is 2. The van der Waals surface area contributed by atoms with Gasteiger partial charge >= 0.3 is 6.01 Å². The number of ether oxygens (including phenoxy) is 2. The maximum Gasteiger partial charge on any atom is 0.322 e. The van der Waals surface area contributed by atoms with Crippen molar-refractivity contribution in [2.45, 2.75) is 18.2 Å². The largest absolute Gasteiger partial charge is 0.497 e. The minimum Gasteiger partial charge on any atom is -0.497 e. The Morgan fingerprint density at radius 2 is 1.79 bits per heavy atom. The minimum atomic E-state index is -0.178. The number of nitrogens with one attached hydrogen (secondary N) is 1. The molecule has 0 fully saturated rings. The van der Waals surface area contributed by atoms with Crippen molar-refractivity contribution in [3.8, 4) is 23.0 Å². The first-order chi connectivity index (χ1) is 13.7. The predicted molar refractivity (Wildman–Crippen MR) is 108 cm³/mol. The fraction of sp³-hybridized carbons (Fsp3) is 0.250. The van der Waals surface area contributed by atoms with Gasteiger partial charge in [-0.3, -0.25) is 10.1 Å². The molecule has 0 aliphatic rings. The van der Waals surface area contributed by atoms with Gasteiger partial charge in [-0.25, -0.2) is 0 Å². The standard InChI is InChI=1S/C20H21N3O4S/c1-3-26-16-6-4-14(5-7-16)19-22-23-20(27-19)21-18(24)12-13-28-17-10-8-15(25-2)9-11-17/h4-11H,3,12-13H2,1-2H3,(H,21,23,24). The normalized spacial score (nSPS) is 10.5. The molecule has 0 radical (unpaired) electrons. The number of hydrogen-bond donors (Lipinski definition) is 1. The third-order valence-corrected chi connectivity index (χ3v) is 4.75. The topological polar surface area (TPSA) is 86.5 Å². The molecule has 146 valence electrons. The highest BCUT2D eigenvalue weighted by Gasteiger charge is 2.11. The first-order valence-corrected chi connectivity index (χ1v) is 9.80. The van der Waals surface area contributed by atoms with Crippen LogP contribution in [0.15, 0.2) is 57.8 Å². The van der Waals surface area contributed by atoms with Gasteiger partial charge in [-0.1, -0.05) is 5.10 Å². The molecule has 1 heterocycles. The van der Waals surface area contributed by atoms with Crippen LogP contribution in [-0.2, 0) is 4.79 Å². The van der Waals surface area contributed by atoms with Gasteiger partial charge in [0.05, 0.1) is 13.7 Å². The molecule has 0 bridgehead atoms. The quantitative estimate of drug-likeness (QED) is 0.538. The Balaban J connectivity index is 1.47. The monoisotopic (exact) mass is 399 g/mol. The fourth-order valence-corrected chi connectivity index (χ4v) is 3.22. The Bertz CT molecular complexity index is 895. The van der Waals surface area contributed by atoms with Crippen molar-refractivity contribution in [2.75, 3.05) is 24.8 Å². The maximum atomic E-state index is 12.1. The summed E-state index contributed by atoms with van der Waals surface area (Å²) in [6.07, 6.45) is 0.331. The van der Waals surface area contributed by atoms with E-state index in [0.717, 1.165) is 22.0 Å². The molecular weight excluding hydrogens is 378 g/mol. The molecule has 1 aromatic heterocycles. The Morgan fingerprint density at radius 3 is 2.46 bits per heavy atom. The highest BCUT2D eigenvalue weighted by Crippen LogP contribution is 2.24. The summed E-state index contributed by atoms with van der Waals surface area (Å²) in [5.74, 6) is 2.38. The predicted octanol–water partition coefficient (Wildman–Crippen LogP) is 4.26. The van der Waals surface area contributed by atoms with E-state index in [1.165, 1.54) is 0 Å². The summed E-state index contributed by atoms with van der Waals surface area (Å²) in [6.45, 7) is 2.53. The molecule has 2 aromatic carbocycles. The summed E-state index contributed by atoms with van der Waals surface area (Å²) in [6, 6.07) is 15.1. The number of methoxy groups -OCH3 is 1. The summed E-state index contributed by atoms with van der Waals surface area (Å²) in [5, 5.41) is 10.5. The molecule has 8 heteroatoms. The van der Waals surface area contributed by atoms with E-state index in [2.05, 4.69) is 15.5 Å². The van der Waals surface area contributed by atoms with Crippen LogP contribution in [0.25, 0.3) is 11.5 Å². The summed E-state index contributed by atoms with van der Waals surface area (Å²) in [4.78, 5) is 13.2. The van der Waals surface area contributed by atoms with E-state index >= 15 is 0 Å². The lowest BCUT2D eigenvalue weighted by Gasteiger charge is -2.03. The molecule has 0 saturated heterocycles. The summed E-state index contributed by atoms with van der Waals surface area (Å²) in [5.41, 5.74) is 0.756. The number of carbonyl (C=O) groups excluding carboxylic acids is 1. The Morgan fingerprint density at radius 1 is 1.07 bits per heavy atom. The van der Waals surface area contributed by atoms with Crippen molar-refractivity contribution in [1.29, 1.82) is 0 Å². The van der Waals surface area contributed by atoms with E-state index in [4.69, 9.17) is 13.9 Å². The van der Waals surface area contributed by atoms with E-state index in [1.54, 1.807) is 18.9 Å². The summed E-state index contributed by atoms with van der Waals surface area (Å²) in [7, 11) is 1.63. The first kappa shape index (κ1) is 19.8. The van der Waals surface area contributed by atoms with Crippen molar-refractivity contribution in [3.63, 3.8) is 0 Å². The van der Waals surface area contributed by atoms with E-state index in [-0.39, 0.29) is 11.9 Å². The van der Waals surface area contributed by atoms with Gasteiger partial charge in [-0.15, -0.1) is 16.9 Å². The lowest BCUT2D eigenvalue weighted by molar-refractivity contribution is -0.115. The molecule has 3 aromatic rings. The average molecular weight is 399 g/mol. The van der Waals surface area contributed by atoms with Gasteiger partial charge in [0.1, 0.15) is 11.5 Å². The van der Waals surface area contributed by atoms with Gasteiger partial charge in [-0.2, -0.15) is 0 Å². The van der Waals surface area contributed by atoms with Crippen LogP contribution in [0.2, 0.25) is 0 Å². The number of anilines is 1. The van der Waals surface area contributed by atoms with Crippen LogP contribution in [0.5, 0.6) is 11.5 Å². The molecule has 0 aliphatic heterocycles. The zero-order valence-corrected chi connectivity index (χ0v) is 16.5. The maximum absolute atomic E-state index is 12.1. The molecule has 0 atom stereocenters. The van der Waals surface area contributed by atoms with E-state index in [0.29, 0.717) is 24.7 Å². The number of hydrogen-bond acceptors (Lipinski definition) is 7. The lowest BCUT2D eigenvalue weighted by atomic mass is 10.2. The second-order valence-electron chi connectivity index (χ2n) is 5.69. The van der Waals surface area contributed by atoms with Crippen molar-refractivity contribution < 1.29 is 18.7 Å². The van der Waals surface area contributed by atoms with Crippen LogP contribution in [-0.4, -0.2) is 35.6 Å². The average Bonchev–Trinajstić information content (AvgIpc) is 3.18. The van der Waals surface area contributed by atoms with Gasteiger partial charge in [0, 0.05) is 22.6 Å². The van der Waals surface area contributed by atoms with Gasteiger partial charge in [0.2, 0.25) is 11.8 Å². The first-order valence-electron chi connectivity index (χ1n) is 8.81. The van der Waals surface area contributed by atoms with Crippen molar-refractivity contribution in [3.05, 3.63) is 48.5 Å². The number of carbonyl (C=O) groups is 1. The third kappa shape index (κ3) is 5.50. The van der Waals surface area contributed by atoms with Crippen LogP contribution in [0.1, 0.15) is 13.3 Å². The molecule has 7 nitrogen and oxygen atoms in total. The Labute approximate surface area is 167 Å². The molecule has 1 N–H and O–H groups in total. The van der Waals surface area contributed by atoms with Gasteiger partial charge < -0.3 is 13.9 Å². The zero-order valence-electron chi connectivity index (χ0n) is 15.7. The van der Waals surface area contributed by atoms with Crippen LogP contribution in [0.3, 0.4) is 0 Å². The number of thioether (sulfide) groups is 1. The molecule has 1 amide bonds. The van der Waals surface area contributed by atoms with Crippen LogP contribution in [0.4, 0.5) is 6.01 Å². The summed E-state index contributed by atoms with van der Waals surface area (Å²) < 4.78 is 16.0. The van der Waals surface area contributed by atoms with E-state index in [1.807, 2.05) is 55.5 Å². The highest BCUT2D eigenvalue weighted by atomic mass is 32.2. The Kier molecular flexibility index (Phi) is 6.91. The zero-order chi connectivity index (χ0) is 19.8. The molecule has 0 unspecified atom stereocenters. The van der Waals surface area contributed by atoms with Gasteiger partial charge in [-0.05, 0) is 55.5 Å². The number of amides is 1. The summed E-state index contributed by atoms with van der Waals surface area (Å²) >= 11 is 1.59. The molecule has 28 heavy (non-hydrogen) atoms. The second-order valence-corrected chi connectivity index (χ2v) is 6.86. The van der Waals surface area contributed by atoms with Gasteiger partial charge in [0.15, 0.2) is 0 Å². The van der Waals surface area contributed by atoms with Crippen LogP contribution in [0, 0.1) is 0 Å². The number of benzene rings is 2. The van der Waals surface area contributed by atoms with Crippen LogP contribution < -0.4 is 14.8 Å². The molecule has 3 rings (SSSR count). The SMILES string of the molecule is CCOc1ccc(-c2nnc(NC(=O)CCSc3ccc(OC)cc3)o2)cc1. The van der Waals surface area contributed by atoms with E-state index in [9.17, 15) is 4.79 Å². The minimum absolute atomic E-state index is 0.0864. The Hall–Kier alpha value is -3.00. The number of rotatable bonds is 9. The third-order valence-electron chi connectivity index (χ3n) is 3.74. The second kappa shape index (κ2) is 9.80. The van der Waals surface area contributed by atoms with Crippen molar-refractivity contribution in [1.82, 2.24) is 10.2 Å². The molecule has 0 saturated carbocycles. The highest BCUT2D eigenvalue weighted by molar-refractivity contribution is 7.99. The van der Waals surface area contributed by atoms with Crippen molar-refractivity contribution in [2.24, 2.45) is 0 Å². The number of nitrogens with zero attached hydrogens (tertiary/aromatic N) is 2. The van der Waals surface area contributed by atoms with E-state index < -0.39 is 0 Å². The van der Waals surface area contributed by atoms with Gasteiger partial charge in [0.25, 0.3) is 0 Å². The van der Waals surface area contributed by atoms with Crippen LogP contribution >= 0.6 is 11.8 Å². The fourth-order valence-electron chi connectivity index (χ4n) is 2.37. The molecule has 0 spiro atoms. The molecular formula is C20H21N3O4S. The lowest BCUT2D eigenvalue weighted by Crippen LogP contribution is -2.12. The molecule has 0 aliphatic carbocycles. The smallest absolute Gasteiger partial charge is 0.322 e. The van der Waals surface area contributed by atoms with Crippen molar-refractivity contribution >= 4 is 23.7 Å².